The van der Waals surface area contributed by atoms with Crippen molar-refractivity contribution in [2.45, 2.75) is 13.5 Å². The minimum Gasteiger partial charge on any atom is -0.335 e. The van der Waals surface area contributed by atoms with Crippen LogP contribution in [0.3, 0.4) is 0 Å². The van der Waals surface area contributed by atoms with Crippen LogP contribution in [0.5, 0.6) is 0 Å². The Morgan fingerprint density at radius 2 is 1.66 bits per heavy atom. The van der Waals surface area contributed by atoms with E-state index >= 15 is 0 Å². The maximum atomic E-state index is 13.5. The Kier molecular flexibility index (Phi) is 6.77. The van der Waals surface area contributed by atoms with Gasteiger partial charge in [-0.05, 0) is 64.8 Å². The van der Waals surface area contributed by atoms with Crippen LogP contribution in [0.4, 0.5) is 10.1 Å². The van der Waals surface area contributed by atoms with Gasteiger partial charge in [0.1, 0.15) is 5.82 Å². The largest absolute Gasteiger partial charge is 0.335 e. The first-order valence-electron chi connectivity index (χ1n) is 9.18. The zero-order chi connectivity index (χ0) is 20.8. The van der Waals surface area contributed by atoms with E-state index in [1.165, 1.54) is 12.1 Å². The number of anilines is 1. The van der Waals surface area contributed by atoms with Crippen molar-refractivity contribution in [3.8, 4) is 0 Å². The molecule has 148 valence electrons. The molecule has 3 aromatic rings. The Morgan fingerprint density at radius 3 is 2.34 bits per heavy atom. The van der Waals surface area contributed by atoms with Gasteiger partial charge in [0, 0.05) is 17.6 Å². The van der Waals surface area contributed by atoms with E-state index in [-0.39, 0.29) is 24.2 Å². The van der Waals surface area contributed by atoms with E-state index in [2.05, 4.69) is 21.2 Å². The van der Waals surface area contributed by atoms with E-state index in [0.29, 0.717) is 33.4 Å². The van der Waals surface area contributed by atoms with Gasteiger partial charge in [-0.2, -0.15) is 0 Å². The molecule has 0 bridgehead atoms. The number of hydrogen-bond acceptors (Lipinski definition) is 2. The number of carbonyl (C=O) groups is 2. The third-order valence-corrected chi connectivity index (χ3v) is 5.15. The maximum Gasteiger partial charge on any atom is 0.256 e. The number of rotatable bonds is 6. The lowest BCUT2D eigenvalue weighted by Gasteiger charge is -2.22. The number of hydrogen-bond donors (Lipinski definition) is 1. The summed E-state index contributed by atoms with van der Waals surface area (Å²) in [6.45, 7) is 2.58. The summed E-state index contributed by atoms with van der Waals surface area (Å²) in [5, 5.41) is 2.82. The Morgan fingerprint density at radius 1 is 0.966 bits per heavy atom. The number of halogens is 2. The van der Waals surface area contributed by atoms with Crippen LogP contribution in [-0.2, 0) is 6.54 Å². The van der Waals surface area contributed by atoms with Gasteiger partial charge in [0.05, 0.1) is 16.8 Å². The summed E-state index contributed by atoms with van der Waals surface area (Å²) < 4.78 is 14.2. The Hall–Kier alpha value is -2.99. The van der Waals surface area contributed by atoms with Crippen LogP contribution >= 0.6 is 15.9 Å². The minimum atomic E-state index is -0.341. The number of para-hydroxylation sites is 1. The molecule has 4 nitrogen and oxygen atoms in total. The molecule has 3 aromatic carbocycles. The van der Waals surface area contributed by atoms with Gasteiger partial charge in [0.2, 0.25) is 0 Å². The Bertz CT molecular complexity index is 1040. The lowest BCUT2D eigenvalue weighted by atomic mass is 10.1. The molecule has 0 saturated carbocycles. The fraction of sp³-hybridized carbons (Fsp3) is 0.130. The van der Waals surface area contributed by atoms with Crippen molar-refractivity contribution in [1.82, 2.24) is 4.90 Å². The summed E-state index contributed by atoms with van der Waals surface area (Å²) in [7, 11) is 0. The molecule has 0 spiro atoms. The highest BCUT2D eigenvalue weighted by molar-refractivity contribution is 9.10. The summed E-state index contributed by atoms with van der Waals surface area (Å²) in [6.07, 6.45) is 0. The third kappa shape index (κ3) is 5.09. The highest BCUT2D eigenvalue weighted by atomic mass is 79.9. The van der Waals surface area contributed by atoms with Crippen molar-refractivity contribution in [3.63, 3.8) is 0 Å². The molecule has 0 aromatic heterocycles. The second kappa shape index (κ2) is 9.47. The Balaban J connectivity index is 1.84. The molecule has 0 aliphatic carbocycles. The fourth-order valence-corrected chi connectivity index (χ4v) is 3.43. The van der Waals surface area contributed by atoms with E-state index in [9.17, 15) is 14.0 Å². The number of carbonyl (C=O) groups excluding carboxylic acids is 2. The van der Waals surface area contributed by atoms with E-state index in [4.69, 9.17) is 0 Å². The molecule has 0 unspecified atom stereocenters. The molecule has 0 atom stereocenters. The SMILES string of the molecule is CCN(Cc1cccc(F)c1)C(=O)c1ccccc1NC(=O)c1ccccc1Br. The van der Waals surface area contributed by atoms with E-state index < -0.39 is 0 Å². The van der Waals surface area contributed by atoms with Crippen LogP contribution < -0.4 is 5.32 Å². The predicted molar refractivity (Wildman–Crippen MR) is 115 cm³/mol. The van der Waals surface area contributed by atoms with Gasteiger partial charge in [-0.3, -0.25) is 9.59 Å². The van der Waals surface area contributed by atoms with E-state index in [0.717, 1.165) is 0 Å². The van der Waals surface area contributed by atoms with Gasteiger partial charge in [-0.15, -0.1) is 0 Å². The molecular formula is C23H20BrFN2O2. The molecule has 2 amide bonds. The van der Waals surface area contributed by atoms with Gasteiger partial charge in [-0.25, -0.2) is 4.39 Å². The molecule has 0 fully saturated rings. The van der Waals surface area contributed by atoms with Gasteiger partial charge < -0.3 is 10.2 Å². The zero-order valence-electron chi connectivity index (χ0n) is 15.9. The summed E-state index contributed by atoms with van der Waals surface area (Å²) >= 11 is 3.37. The number of nitrogens with one attached hydrogen (secondary N) is 1. The second-order valence-corrected chi connectivity index (χ2v) is 7.28. The number of amides is 2. The van der Waals surface area contributed by atoms with Crippen molar-refractivity contribution in [3.05, 3.63) is 99.8 Å². The Labute approximate surface area is 177 Å². The zero-order valence-corrected chi connectivity index (χ0v) is 17.4. The summed E-state index contributed by atoms with van der Waals surface area (Å²) in [4.78, 5) is 27.4. The van der Waals surface area contributed by atoms with Crippen LogP contribution in [0.25, 0.3) is 0 Å². The molecule has 1 N–H and O–H groups in total. The predicted octanol–water partition coefficient (Wildman–Crippen LogP) is 5.50. The summed E-state index contributed by atoms with van der Waals surface area (Å²) in [5.41, 5.74) is 1.99. The quantitative estimate of drug-likeness (QED) is 0.534. The molecule has 0 saturated heterocycles. The maximum absolute atomic E-state index is 13.5. The van der Waals surface area contributed by atoms with Crippen molar-refractivity contribution in [1.29, 1.82) is 0 Å². The molecule has 0 aliphatic heterocycles. The molecule has 29 heavy (non-hydrogen) atoms. The van der Waals surface area contributed by atoms with Gasteiger partial charge >= 0.3 is 0 Å². The first kappa shape index (κ1) is 20.7. The van der Waals surface area contributed by atoms with Gasteiger partial charge in [-0.1, -0.05) is 36.4 Å². The number of nitrogens with zero attached hydrogens (tertiary/aromatic N) is 1. The van der Waals surface area contributed by atoms with Crippen molar-refractivity contribution in [2.75, 3.05) is 11.9 Å². The smallest absolute Gasteiger partial charge is 0.256 e. The fourth-order valence-electron chi connectivity index (χ4n) is 2.97. The molecule has 6 heteroatoms. The van der Waals surface area contributed by atoms with Crippen molar-refractivity contribution < 1.29 is 14.0 Å². The molecule has 0 heterocycles. The molecule has 0 radical (unpaired) electrons. The van der Waals surface area contributed by atoms with Crippen molar-refractivity contribution in [2.24, 2.45) is 0 Å². The average molecular weight is 455 g/mol. The number of benzene rings is 3. The van der Waals surface area contributed by atoms with Crippen LogP contribution in [0.2, 0.25) is 0 Å². The van der Waals surface area contributed by atoms with Gasteiger partial charge in [0.25, 0.3) is 11.8 Å². The summed E-state index contributed by atoms with van der Waals surface area (Å²) in [6, 6.07) is 20.1. The lowest BCUT2D eigenvalue weighted by Crippen LogP contribution is -2.31. The third-order valence-electron chi connectivity index (χ3n) is 4.46. The average Bonchev–Trinajstić information content (AvgIpc) is 2.72. The molecule has 0 aliphatic rings. The van der Waals surface area contributed by atoms with Crippen LogP contribution in [0.1, 0.15) is 33.2 Å². The lowest BCUT2D eigenvalue weighted by molar-refractivity contribution is 0.0753. The van der Waals surface area contributed by atoms with Crippen molar-refractivity contribution >= 4 is 33.4 Å². The van der Waals surface area contributed by atoms with Crippen LogP contribution in [0, 0.1) is 5.82 Å². The highest BCUT2D eigenvalue weighted by Gasteiger charge is 2.20. The van der Waals surface area contributed by atoms with E-state index in [1.54, 1.807) is 59.5 Å². The second-order valence-electron chi connectivity index (χ2n) is 6.43. The standard InChI is InChI=1S/C23H20BrFN2O2/c1-2-27(15-16-8-7-9-17(25)14-16)23(29)19-11-4-6-13-21(19)26-22(28)18-10-3-5-12-20(18)24/h3-14H,2,15H2,1H3,(H,26,28). The monoisotopic (exact) mass is 454 g/mol. The first-order valence-corrected chi connectivity index (χ1v) is 9.97. The van der Waals surface area contributed by atoms with E-state index in [1.807, 2.05) is 13.0 Å². The topological polar surface area (TPSA) is 49.4 Å². The highest BCUT2D eigenvalue weighted by Crippen LogP contribution is 2.22. The normalized spacial score (nSPS) is 10.4. The summed E-state index contributed by atoms with van der Waals surface area (Å²) in [5.74, 6) is -0.891. The first-order chi connectivity index (χ1) is 14.0. The minimum absolute atomic E-state index is 0.236. The molecular weight excluding hydrogens is 435 g/mol. The molecule has 3 rings (SSSR count). The van der Waals surface area contributed by atoms with Crippen LogP contribution in [0.15, 0.2) is 77.3 Å². The van der Waals surface area contributed by atoms with Gasteiger partial charge in [0.15, 0.2) is 0 Å². The van der Waals surface area contributed by atoms with Crippen LogP contribution in [-0.4, -0.2) is 23.3 Å².